The summed E-state index contributed by atoms with van der Waals surface area (Å²) in [6, 6.07) is 7.24. The molecule has 2 nitrogen and oxygen atoms in total. The largest absolute Gasteiger partial charge is 0.237 e. The van der Waals surface area contributed by atoms with Crippen LogP contribution in [0.5, 0.6) is 0 Å². The molecule has 0 radical (unpaired) electrons. The van der Waals surface area contributed by atoms with Gasteiger partial charge in [-0.15, -0.1) is 0 Å². The zero-order valence-corrected chi connectivity index (χ0v) is 9.18. The maximum Gasteiger partial charge on any atom is 0.232 e. The summed E-state index contributed by atoms with van der Waals surface area (Å²) in [5.41, 5.74) is 0.963. The molecule has 0 N–H and O–H groups in total. The van der Waals surface area contributed by atoms with Crippen LogP contribution in [0.3, 0.4) is 0 Å². The van der Waals surface area contributed by atoms with E-state index in [0.717, 1.165) is 5.39 Å². The van der Waals surface area contributed by atoms with E-state index in [-0.39, 0.29) is 0 Å². The van der Waals surface area contributed by atoms with Crippen LogP contribution in [-0.2, 0) is 3.79 Å². The van der Waals surface area contributed by atoms with Gasteiger partial charge in [-0.05, 0) is 24.3 Å². The van der Waals surface area contributed by atoms with Crippen LogP contribution in [0.15, 0.2) is 30.5 Å². The van der Waals surface area contributed by atoms with Crippen molar-refractivity contribution in [2.24, 2.45) is 0 Å². The van der Waals surface area contributed by atoms with Gasteiger partial charge in [-0.25, -0.2) is 9.97 Å². The van der Waals surface area contributed by atoms with E-state index in [0.29, 0.717) is 11.3 Å². The van der Waals surface area contributed by atoms with Gasteiger partial charge >= 0.3 is 0 Å². The van der Waals surface area contributed by atoms with E-state index in [2.05, 4.69) is 9.97 Å². The third kappa shape index (κ3) is 1.92. The van der Waals surface area contributed by atoms with Crippen LogP contribution in [0.4, 0.5) is 0 Å². The molecule has 0 aliphatic rings. The summed E-state index contributed by atoms with van der Waals surface area (Å²) < 4.78 is -1.49. The number of alkyl halides is 3. The normalized spacial score (nSPS) is 11.9. The molecule has 2 rings (SSSR count). The third-order valence-corrected chi connectivity index (χ3v) is 2.34. The van der Waals surface area contributed by atoms with Gasteiger partial charge in [0.05, 0.1) is 5.69 Å². The summed E-state index contributed by atoms with van der Waals surface area (Å²) in [7, 11) is 0. The van der Waals surface area contributed by atoms with Crippen molar-refractivity contribution in [1.29, 1.82) is 0 Å². The van der Waals surface area contributed by atoms with Crippen molar-refractivity contribution in [3.8, 4) is 0 Å². The summed E-state index contributed by atoms with van der Waals surface area (Å²) in [6.07, 6.45) is 1.65. The molecule has 72 valence electrons. The fourth-order valence-corrected chi connectivity index (χ4v) is 1.43. The van der Waals surface area contributed by atoms with E-state index >= 15 is 0 Å². The molecule has 0 atom stereocenters. The monoisotopic (exact) mass is 246 g/mol. The van der Waals surface area contributed by atoms with Crippen molar-refractivity contribution >= 4 is 45.8 Å². The fourth-order valence-electron chi connectivity index (χ4n) is 1.11. The standard InChI is InChI=1S/C9H5Cl3N2/c10-9(11,12)7-4-3-6-2-1-5-13-8(6)14-7/h1-5H. The number of pyridine rings is 2. The Morgan fingerprint density at radius 2 is 1.86 bits per heavy atom. The van der Waals surface area contributed by atoms with Gasteiger partial charge in [0.2, 0.25) is 3.79 Å². The quantitative estimate of drug-likeness (QED) is 0.666. The average molecular weight is 248 g/mol. The predicted octanol–water partition coefficient (Wildman–Crippen LogP) is 3.46. The van der Waals surface area contributed by atoms with Gasteiger partial charge in [-0.2, -0.15) is 0 Å². The summed E-state index contributed by atoms with van der Waals surface area (Å²) in [5, 5.41) is 0.922. The summed E-state index contributed by atoms with van der Waals surface area (Å²) in [5.74, 6) is 0. The average Bonchev–Trinajstić information content (AvgIpc) is 2.16. The lowest BCUT2D eigenvalue weighted by Gasteiger charge is -2.09. The van der Waals surface area contributed by atoms with Crippen LogP contribution in [0.1, 0.15) is 5.69 Å². The Morgan fingerprint density at radius 1 is 1.07 bits per heavy atom. The number of fused-ring (bicyclic) bond motifs is 1. The molecule has 0 aliphatic carbocycles. The van der Waals surface area contributed by atoms with E-state index in [4.69, 9.17) is 34.8 Å². The Bertz CT molecular complexity index is 465. The Balaban J connectivity index is 2.63. The van der Waals surface area contributed by atoms with Crippen LogP contribution in [0.2, 0.25) is 0 Å². The second-order valence-electron chi connectivity index (χ2n) is 2.74. The zero-order valence-electron chi connectivity index (χ0n) is 6.92. The molecule has 0 aliphatic heterocycles. The first kappa shape index (κ1) is 9.97. The van der Waals surface area contributed by atoms with Crippen molar-refractivity contribution < 1.29 is 0 Å². The SMILES string of the molecule is ClC(Cl)(Cl)c1ccc2cccnc2n1. The highest BCUT2D eigenvalue weighted by Gasteiger charge is 2.24. The number of halogens is 3. The maximum atomic E-state index is 5.70. The second-order valence-corrected chi connectivity index (χ2v) is 5.03. The number of hydrogen-bond acceptors (Lipinski definition) is 2. The van der Waals surface area contributed by atoms with Crippen LogP contribution in [-0.4, -0.2) is 9.97 Å². The molecule has 5 heteroatoms. The second kappa shape index (κ2) is 3.54. The zero-order chi connectivity index (χ0) is 10.2. The third-order valence-electron chi connectivity index (χ3n) is 1.75. The Morgan fingerprint density at radius 3 is 2.57 bits per heavy atom. The molecule has 2 aromatic heterocycles. The molecule has 0 amide bonds. The molecule has 0 aromatic carbocycles. The van der Waals surface area contributed by atoms with Gasteiger partial charge in [0, 0.05) is 11.6 Å². The predicted molar refractivity (Wildman–Crippen MR) is 58.8 cm³/mol. The van der Waals surface area contributed by atoms with Crippen LogP contribution in [0, 0.1) is 0 Å². The minimum absolute atomic E-state index is 0.383. The first-order valence-corrected chi connectivity index (χ1v) is 5.00. The van der Waals surface area contributed by atoms with Gasteiger partial charge in [0.15, 0.2) is 5.65 Å². The summed E-state index contributed by atoms with van der Waals surface area (Å²) in [6.45, 7) is 0. The van der Waals surface area contributed by atoms with Crippen molar-refractivity contribution in [3.63, 3.8) is 0 Å². The van der Waals surface area contributed by atoms with E-state index < -0.39 is 3.79 Å². The van der Waals surface area contributed by atoms with Crippen LogP contribution < -0.4 is 0 Å². The fraction of sp³-hybridized carbons (Fsp3) is 0.111. The molecule has 0 saturated carbocycles. The summed E-state index contributed by atoms with van der Waals surface area (Å²) in [4.78, 5) is 8.21. The number of aromatic nitrogens is 2. The smallest absolute Gasteiger partial charge is 0.232 e. The topological polar surface area (TPSA) is 25.8 Å². The molecule has 0 saturated heterocycles. The molecular formula is C9H5Cl3N2. The number of nitrogens with zero attached hydrogens (tertiary/aromatic N) is 2. The van der Waals surface area contributed by atoms with E-state index in [1.807, 2.05) is 18.2 Å². The number of rotatable bonds is 0. The molecule has 14 heavy (non-hydrogen) atoms. The van der Waals surface area contributed by atoms with Crippen molar-refractivity contribution in [2.75, 3.05) is 0 Å². The minimum Gasteiger partial charge on any atom is -0.237 e. The highest BCUT2D eigenvalue weighted by atomic mass is 35.6. The van der Waals surface area contributed by atoms with E-state index in [1.165, 1.54) is 0 Å². The molecule has 0 bridgehead atoms. The van der Waals surface area contributed by atoms with Gasteiger partial charge in [-0.3, -0.25) is 0 Å². The molecule has 0 unspecified atom stereocenters. The minimum atomic E-state index is -1.49. The lowest BCUT2D eigenvalue weighted by molar-refractivity contribution is 1.10. The highest BCUT2D eigenvalue weighted by molar-refractivity contribution is 6.66. The van der Waals surface area contributed by atoms with Crippen LogP contribution >= 0.6 is 34.8 Å². The van der Waals surface area contributed by atoms with Crippen molar-refractivity contribution in [2.45, 2.75) is 3.79 Å². The Hall–Kier alpha value is -0.570. The summed E-state index contributed by atoms with van der Waals surface area (Å²) >= 11 is 17.1. The van der Waals surface area contributed by atoms with Gasteiger partial charge in [0.25, 0.3) is 0 Å². The van der Waals surface area contributed by atoms with Crippen molar-refractivity contribution in [3.05, 3.63) is 36.2 Å². The maximum absolute atomic E-state index is 5.70. The van der Waals surface area contributed by atoms with Gasteiger partial charge < -0.3 is 0 Å². The molecule has 0 fully saturated rings. The molecule has 0 spiro atoms. The van der Waals surface area contributed by atoms with E-state index in [1.54, 1.807) is 12.3 Å². The van der Waals surface area contributed by atoms with E-state index in [9.17, 15) is 0 Å². The van der Waals surface area contributed by atoms with Crippen LogP contribution in [0.25, 0.3) is 11.0 Å². The van der Waals surface area contributed by atoms with Crippen molar-refractivity contribution in [1.82, 2.24) is 9.97 Å². The highest BCUT2D eigenvalue weighted by Crippen LogP contribution is 2.37. The first-order valence-electron chi connectivity index (χ1n) is 3.86. The lowest BCUT2D eigenvalue weighted by atomic mass is 10.2. The van der Waals surface area contributed by atoms with Gasteiger partial charge in [0.1, 0.15) is 0 Å². The first-order chi connectivity index (χ1) is 6.57. The molecular weight excluding hydrogens is 242 g/mol. The molecule has 2 aromatic rings. The lowest BCUT2D eigenvalue weighted by Crippen LogP contribution is -2.03. The Kier molecular flexibility index (Phi) is 2.52. The number of hydrogen-bond donors (Lipinski definition) is 0. The Labute approximate surface area is 95.8 Å². The van der Waals surface area contributed by atoms with Gasteiger partial charge in [-0.1, -0.05) is 34.8 Å². The molecule has 2 heterocycles.